The molecule has 200 valence electrons. The van der Waals surface area contributed by atoms with Crippen molar-refractivity contribution in [2.45, 2.75) is 38.5 Å². The van der Waals surface area contributed by atoms with Crippen molar-refractivity contribution in [1.29, 1.82) is 5.26 Å². The molecule has 1 amide bonds. The van der Waals surface area contributed by atoms with E-state index in [1.165, 1.54) is 17.8 Å². The zero-order valence-corrected chi connectivity index (χ0v) is 21.3. The molecule has 39 heavy (non-hydrogen) atoms. The van der Waals surface area contributed by atoms with Gasteiger partial charge in [-0.3, -0.25) is 9.59 Å². The van der Waals surface area contributed by atoms with Gasteiger partial charge in [0.1, 0.15) is 23.3 Å². The second kappa shape index (κ2) is 12.4. The van der Waals surface area contributed by atoms with Gasteiger partial charge in [-0.1, -0.05) is 37.3 Å². The van der Waals surface area contributed by atoms with Gasteiger partial charge in [-0.25, -0.2) is 8.78 Å². The molecule has 2 atom stereocenters. The molecule has 0 saturated carbocycles. The minimum Gasteiger partial charge on any atom is -0.390 e. The van der Waals surface area contributed by atoms with Gasteiger partial charge < -0.3 is 20.7 Å². The van der Waals surface area contributed by atoms with Crippen LogP contribution in [0.3, 0.4) is 0 Å². The molecule has 7 nitrogen and oxygen atoms in total. The predicted octanol–water partition coefficient (Wildman–Crippen LogP) is 3.73. The summed E-state index contributed by atoms with van der Waals surface area (Å²) in [7, 11) is 0. The summed E-state index contributed by atoms with van der Waals surface area (Å²) in [6, 6.07) is 16.6. The fourth-order valence-corrected chi connectivity index (χ4v) is 4.49. The van der Waals surface area contributed by atoms with Crippen molar-refractivity contribution in [2.75, 3.05) is 6.54 Å². The Bertz CT molecular complexity index is 1580. The van der Waals surface area contributed by atoms with Crippen LogP contribution in [0.4, 0.5) is 8.78 Å². The SMILES string of the molecule is CCc1cccc(CNC[C@@H](O)[C@H](Cc2cc(F)cc(F)c2)NC(=O)c2c[nH]c3c(C#N)cccc3c2=O)c1. The maximum atomic E-state index is 13.9. The van der Waals surface area contributed by atoms with E-state index in [9.17, 15) is 28.7 Å². The van der Waals surface area contributed by atoms with E-state index in [1.54, 1.807) is 12.1 Å². The Balaban J connectivity index is 1.55. The molecule has 0 aliphatic carbocycles. The number of H-pyrrole nitrogens is 1. The van der Waals surface area contributed by atoms with Crippen LogP contribution >= 0.6 is 0 Å². The van der Waals surface area contributed by atoms with Crippen LogP contribution in [0.25, 0.3) is 10.9 Å². The zero-order valence-electron chi connectivity index (χ0n) is 21.3. The molecule has 0 bridgehead atoms. The Kier molecular flexibility index (Phi) is 8.81. The van der Waals surface area contributed by atoms with E-state index in [2.05, 4.69) is 28.6 Å². The molecule has 4 rings (SSSR count). The van der Waals surface area contributed by atoms with Gasteiger partial charge in [0.15, 0.2) is 0 Å². The van der Waals surface area contributed by atoms with Gasteiger partial charge in [-0.05, 0) is 53.8 Å². The maximum absolute atomic E-state index is 13.9. The van der Waals surface area contributed by atoms with Crippen molar-refractivity contribution >= 4 is 16.8 Å². The molecule has 4 aromatic rings. The number of nitriles is 1. The van der Waals surface area contributed by atoms with Crippen LogP contribution in [0.15, 0.2) is 71.7 Å². The fourth-order valence-electron chi connectivity index (χ4n) is 4.49. The number of pyridine rings is 1. The van der Waals surface area contributed by atoms with Crippen LogP contribution in [0.1, 0.15) is 39.5 Å². The van der Waals surface area contributed by atoms with E-state index in [1.807, 2.05) is 24.3 Å². The van der Waals surface area contributed by atoms with Crippen molar-refractivity contribution in [1.82, 2.24) is 15.6 Å². The number of nitrogens with zero attached hydrogens (tertiary/aromatic N) is 1. The first-order valence-electron chi connectivity index (χ1n) is 12.6. The van der Waals surface area contributed by atoms with Gasteiger partial charge in [-0.2, -0.15) is 5.26 Å². The summed E-state index contributed by atoms with van der Waals surface area (Å²) in [5.41, 5.74) is 2.20. The van der Waals surface area contributed by atoms with Gasteiger partial charge in [0.25, 0.3) is 5.91 Å². The number of para-hydroxylation sites is 1. The van der Waals surface area contributed by atoms with E-state index in [0.717, 1.165) is 30.2 Å². The maximum Gasteiger partial charge on any atom is 0.257 e. The van der Waals surface area contributed by atoms with E-state index >= 15 is 0 Å². The van der Waals surface area contributed by atoms with Gasteiger partial charge in [0.05, 0.1) is 23.2 Å². The number of aliphatic hydroxyl groups is 1. The number of amides is 1. The smallest absolute Gasteiger partial charge is 0.257 e. The molecule has 0 aliphatic rings. The first-order chi connectivity index (χ1) is 18.8. The van der Waals surface area contributed by atoms with E-state index < -0.39 is 35.1 Å². The summed E-state index contributed by atoms with van der Waals surface area (Å²) >= 11 is 0. The van der Waals surface area contributed by atoms with Crippen LogP contribution in [-0.2, 0) is 19.4 Å². The largest absolute Gasteiger partial charge is 0.390 e. The number of fused-ring (bicyclic) bond motifs is 1. The predicted molar refractivity (Wildman–Crippen MR) is 144 cm³/mol. The summed E-state index contributed by atoms with van der Waals surface area (Å²) in [6.07, 6.45) is 0.865. The topological polar surface area (TPSA) is 118 Å². The lowest BCUT2D eigenvalue weighted by molar-refractivity contribution is 0.0828. The minimum atomic E-state index is -1.15. The summed E-state index contributed by atoms with van der Waals surface area (Å²) in [5.74, 6) is -2.33. The number of aromatic nitrogens is 1. The zero-order chi connectivity index (χ0) is 27.9. The summed E-state index contributed by atoms with van der Waals surface area (Å²) in [5, 5.41) is 26.3. The van der Waals surface area contributed by atoms with Crippen LogP contribution in [0.2, 0.25) is 0 Å². The van der Waals surface area contributed by atoms with Crippen LogP contribution in [0.5, 0.6) is 0 Å². The summed E-state index contributed by atoms with van der Waals surface area (Å²) in [6.45, 7) is 2.59. The number of benzene rings is 3. The number of hydrogen-bond acceptors (Lipinski definition) is 5. The van der Waals surface area contributed by atoms with E-state index in [4.69, 9.17) is 0 Å². The monoisotopic (exact) mass is 530 g/mol. The number of nitrogens with one attached hydrogen (secondary N) is 3. The highest BCUT2D eigenvalue weighted by molar-refractivity contribution is 5.98. The van der Waals surface area contributed by atoms with Crippen molar-refractivity contribution in [3.63, 3.8) is 0 Å². The number of rotatable bonds is 10. The highest BCUT2D eigenvalue weighted by atomic mass is 19.1. The molecule has 0 spiro atoms. The normalized spacial score (nSPS) is 12.6. The van der Waals surface area contributed by atoms with Gasteiger partial charge >= 0.3 is 0 Å². The Morgan fingerprint density at radius 1 is 1.05 bits per heavy atom. The number of aromatic amines is 1. The molecular formula is C30H28F2N4O3. The van der Waals surface area contributed by atoms with Crippen molar-refractivity contribution in [3.05, 3.63) is 117 Å². The molecule has 0 unspecified atom stereocenters. The Morgan fingerprint density at radius 3 is 2.49 bits per heavy atom. The third-order valence-corrected chi connectivity index (χ3v) is 6.52. The number of aryl methyl sites for hydroxylation is 1. The molecule has 0 fully saturated rings. The van der Waals surface area contributed by atoms with E-state index in [0.29, 0.717) is 12.1 Å². The summed E-state index contributed by atoms with van der Waals surface area (Å²) in [4.78, 5) is 29.1. The van der Waals surface area contributed by atoms with Gasteiger partial charge in [-0.15, -0.1) is 0 Å². The van der Waals surface area contributed by atoms with Crippen molar-refractivity contribution < 1.29 is 18.7 Å². The van der Waals surface area contributed by atoms with Gasteiger partial charge in [0, 0.05) is 30.7 Å². The number of carbonyl (C=O) groups excluding carboxylic acids is 1. The molecule has 0 radical (unpaired) electrons. The lowest BCUT2D eigenvalue weighted by Gasteiger charge is -2.25. The Morgan fingerprint density at radius 2 is 1.77 bits per heavy atom. The standard InChI is InChI=1S/C30H28F2N4O3/c1-2-18-5-3-6-19(9-18)15-34-17-27(37)26(12-20-10-22(31)13-23(32)11-20)36-30(39)25-16-35-28-21(14-33)7-4-8-24(28)29(25)38/h3-11,13,16,26-27,34,37H,2,12,15,17H2,1H3,(H,35,38)(H,36,39)/t26-,27+/m0/s1. The molecule has 3 aromatic carbocycles. The first-order valence-corrected chi connectivity index (χ1v) is 12.6. The molecule has 0 saturated heterocycles. The highest BCUT2D eigenvalue weighted by Gasteiger charge is 2.24. The van der Waals surface area contributed by atoms with E-state index in [-0.39, 0.29) is 35.0 Å². The first kappa shape index (κ1) is 27.6. The molecule has 0 aliphatic heterocycles. The fraction of sp³-hybridized carbons (Fsp3) is 0.233. The number of aliphatic hydroxyl groups excluding tert-OH is 1. The average molecular weight is 531 g/mol. The molecule has 4 N–H and O–H groups in total. The third-order valence-electron chi connectivity index (χ3n) is 6.52. The average Bonchev–Trinajstić information content (AvgIpc) is 2.92. The van der Waals surface area contributed by atoms with Crippen molar-refractivity contribution in [3.8, 4) is 6.07 Å². The second-order valence-corrected chi connectivity index (χ2v) is 9.30. The van der Waals surface area contributed by atoms with Crippen LogP contribution < -0.4 is 16.1 Å². The Labute approximate surface area is 224 Å². The highest BCUT2D eigenvalue weighted by Crippen LogP contribution is 2.15. The lowest BCUT2D eigenvalue weighted by atomic mass is 9.99. The molecule has 9 heteroatoms. The Hall–Kier alpha value is -4.39. The van der Waals surface area contributed by atoms with Crippen LogP contribution in [-0.4, -0.2) is 34.7 Å². The lowest BCUT2D eigenvalue weighted by Crippen LogP contribution is -2.49. The number of carbonyl (C=O) groups is 1. The summed E-state index contributed by atoms with van der Waals surface area (Å²) < 4.78 is 27.7. The third kappa shape index (κ3) is 6.74. The molecular weight excluding hydrogens is 502 g/mol. The van der Waals surface area contributed by atoms with Gasteiger partial charge in [0.2, 0.25) is 5.43 Å². The molecule has 1 heterocycles. The quantitative estimate of drug-likeness (QED) is 0.249. The van der Waals surface area contributed by atoms with Crippen molar-refractivity contribution in [2.24, 2.45) is 0 Å². The minimum absolute atomic E-state index is 0.0682. The molecule has 1 aromatic heterocycles. The van der Waals surface area contributed by atoms with Crippen LogP contribution in [0, 0.1) is 23.0 Å². The number of halogens is 2. The number of hydrogen-bond donors (Lipinski definition) is 4. The second-order valence-electron chi connectivity index (χ2n) is 9.30.